The number of ether oxygens (including phenoxy) is 7. The van der Waals surface area contributed by atoms with Crippen LogP contribution in [0.3, 0.4) is 0 Å². The van der Waals surface area contributed by atoms with Gasteiger partial charge in [-0.1, -0.05) is 20.8 Å². The van der Waals surface area contributed by atoms with E-state index in [4.69, 9.17) is 33.2 Å². The van der Waals surface area contributed by atoms with E-state index in [-0.39, 0.29) is 42.5 Å². The van der Waals surface area contributed by atoms with Crippen molar-refractivity contribution < 1.29 is 63.5 Å². The highest BCUT2D eigenvalue weighted by Crippen LogP contribution is 2.54. The molecule has 6 rings (SSSR count). The van der Waals surface area contributed by atoms with E-state index >= 15 is 0 Å². The van der Waals surface area contributed by atoms with E-state index in [1.165, 1.54) is 7.11 Å². The van der Waals surface area contributed by atoms with Crippen molar-refractivity contribution in [1.29, 1.82) is 0 Å². The minimum atomic E-state index is -1.87. The lowest BCUT2D eigenvalue weighted by atomic mass is 9.78. The van der Waals surface area contributed by atoms with Crippen LogP contribution < -0.4 is 0 Å². The molecule has 49 heavy (non-hydrogen) atoms. The van der Waals surface area contributed by atoms with Crippen molar-refractivity contribution in [2.45, 2.75) is 196 Å². The molecule has 6 fully saturated rings. The molecule has 0 bridgehead atoms. The van der Waals surface area contributed by atoms with Crippen molar-refractivity contribution in [2.24, 2.45) is 17.8 Å². The van der Waals surface area contributed by atoms with Gasteiger partial charge in [0.25, 0.3) is 0 Å². The Hall–Kier alpha value is -0.970. The van der Waals surface area contributed by atoms with Crippen LogP contribution in [-0.2, 0) is 38.0 Å². The average Bonchev–Trinajstić information content (AvgIpc) is 3.71. The smallest absolute Gasteiger partial charge is 0.308 e. The lowest BCUT2D eigenvalue weighted by molar-refractivity contribution is -0.344. The summed E-state index contributed by atoms with van der Waals surface area (Å²) >= 11 is 0. The van der Waals surface area contributed by atoms with Gasteiger partial charge in [0.15, 0.2) is 17.4 Å². The van der Waals surface area contributed by atoms with Crippen molar-refractivity contribution in [1.82, 2.24) is 0 Å². The van der Waals surface area contributed by atoms with E-state index in [1.807, 2.05) is 34.6 Å². The zero-order valence-corrected chi connectivity index (χ0v) is 30.2. The van der Waals surface area contributed by atoms with Crippen LogP contribution >= 0.6 is 0 Å². The molecule has 6 heterocycles. The van der Waals surface area contributed by atoms with Crippen LogP contribution in [0.1, 0.15) is 112 Å². The maximum Gasteiger partial charge on any atom is 0.308 e. The third kappa shape index (κ3) is 7.33. The molecule has 13 nitrogen and oxygen atoms in total. The topological polar surface area (TPSA) is 183 Å². The number of carboxylic acid groups (broad SMARTS) is 1. The number of carboxylic acids is 1. The maximum absolute atomic E-state index is 11.5. The molecular formula is C36H60O13. The summed E-state index contributed by atoms with van der Waals surface area (Å²) in [4.78, 5) is 11.5. The second-order valence-electron chi connectivity index (χ2n) is 16.9. The lowest BCUT2D eigenvalue weighted by Gasteiger charge is -2.50. The van der Waals surface area contributed by atoms with Gasteiger partial charge in [-0.05, 0) is 52.9 Å². The highest BCUT2D eigenvalue weighted by Gasteiger charge is 2.62. The molecule has 0 aromatic rings. The summed E-state index contributed by atoms with van der Waals surface area (Å²) in [5, 5.41) is 53.8. The van der Waals surface area contributed by atoms with Crippen molar-refractivity contribution in [3.8, 4) is 0 Å². The molecule has 17 atom stereocenters. The van der Waals surface area contributed by atoms with Crippen LogP contribution in [0.2, 0.25) is 0 Å². The van der Waals surface area contributed by atoms with Gasteiger partial charge in [-0.15, -0.1) is 0 Å². The van der Waals surface area contributed by atoms with Crippen LogP contribution in [0, 0.1) is 17.8 Å². The van der Waals surface area contributed by atoms with Crippen LogP contribution in [-0.4, -0.2) is 122 Å². The number of aliphatic carboxylic acids is 1. The van der Waals surface area contributed by atoms with Crippen molar-refractivity contribution in [3.05, 3.63) is 0 Å². The number of methoxy groups -OCH3 is 1. The number of carbonyl (C=O) groups is 1. The van der Waals surface area contributed by atoms with Gasteiger partial charge in [-0.25, -0.2) is 0 Å². The Kier molecular flexibility index (Phi) is 10.4. The van der Waals surface area contributed by atoms with Crippen LogP contribution in [0.4, 0.5) is 0 Å². The third-order valence-electron chi connectivity index (χ3n) is 13.0. The molecule has 6 aliphatic rings. The zero-order chi connectivity index (χ0) is 35.7. The van der Waals surface area contributed by atoms with Gasteiger partial charge in [-0.2, -0.15) is 0 Å². The second-order valence-corrected chi connectivity index (χ2v) is 16.9. The Morgan fingerprint density at radius 3 is 2.29 bits per heavy atom. The highest BCUT2D eigenvalue weighted by atomic mass is 16.7. The fraction of sp³-hybridized carbons (Fsp3) is 0.972. The SMILES string of the molecule is CO[C@@H]1C[C@H]([C@H](C)[C@H]2O[C@@]3(CC[C@@](C)(C4CC[C@@](C)([C@@H]5OC([C@@H]6CC[C@@H](C)[C@@](C)(O)O6)C[C@@H]5O)O4)O3)C[C@H](O)[C@H]2C)O[C@](O)(CC(=O)O)C1. The number of hydrogen-bond acceptors (Lipinski definition) is 12. The molecule has 1 spiro atoms. The van der Waals surface area contributed by atoms with Gasteiger partial charge in [0, 0.05) is 57.0 Å². The van der Waals surface area contributed by atoms with Crippen molar-refractivity contribution >= 4 is 5.97 Å². The fourth-order valence-electron chi connectivity index (χ4n) is 9.68. The third-order valence-corrected chi connectivity index (χ3v) is 13.0. The van der Waals surface area contributed by atoms with Crippen LogP contribution in [0.25, 0.3) is 0 Å². The van der Waals surface area contributed by atoms with Crippen molar-refractivity contribution in [2.75, 3.05) is 7.11 Å². The van der Waals surface area contributed by atoms with Gasteiger partial charge in [0.05, 0.1) is 66.5 Å². The van der Waals surface area contributed by atoms with E-state index in [2.05, 4.69) is 0 Å². The van der Waals surface area contributed by atoms with Gasteiger partial charge >= 0.3 is 5.97 Å². The quantitative estimate of drug-likeness (QED) is 0.249. The molecule has 6 aliphatic heterocycles. The van der Waals surface area contributed by atoms with Gasteiger partial charge in [-0.3, -0.25) is 4.79 Å². The first kappa shape index (κ1) is 37.8. The largest absolute Gasteiger partial charge is 0.481 e. The zero-order valence-electron chi connectivity index (χ0n) is 30.2. The van der Waals surface area contributed by atoms with E-state index in [9.17, 15) is 30.3 Å². The summed E-state index contributed by atoms with van der Waals surface area (Å²) in [6, 6.07) is 0. The number of rotatable bonds is 8. The Labute approximate surface area is 289 Å². The number of aliphatic hydroxyl groups is 4. The molecule has 0 amide bonds. The summed E-state index contributed by atoms with van der Waals surface area (Å²) in [6.45, 7) is 11.5. The average molecular weight is 701 g/mol. The Bertz CT molecular complexity index is 1200. The van der Waals surface area contributed by atoms with E-state index < -0.39 is 77.6 Å². The molecule has 2 unspecified atom stereocenters. The van der Waals surface area contributed by atoms with Gasteiger partial charge in [0.1, 0.15) is 6.10 Å². The summed E-state index contributed by atoms with van der Waals surface area (Å²) in [6.07, 6.45) is 0.324. The highest BCUT2D eigenvalue weighted by molar-refractivity contribution is 5.67. The first-order valence-electron chi connectivity index (χ1n) is 18.4. The summed E-state index contributed by atoms with van der Waals surface area (Å²) in [5.74, 6) is -5.91. The molecule has 0 aliphatic carbocycles. The minimum absolute atomic E-state index is 0.0150. The van der Waals surface area contributed by atoms with Crippen LogP contribution in [0.15, 0.2) is 0 Å². The molecule has 13 heteroatoms. The second kappa shape index (κ2) is 13.5. The lowest BCUT2D eigenvalue weighted by Crippen LogP contribution is -2.58. The molecule has 282 valence electrons. The predicted molar refractivity (Wildman–Crippen MR) is 173 cm³/mol. The summed E-state index contributed by atoms with van der Waals surface area (Å²) in [5.41, 5.74) is -1.48. The fourth-order valence-corrected chi connectivity index (χ4v) is 9.68. The molecule has 0 aromatic carbocycles. The Balaban J connectivity index is 1.12. The predicted octanol–water partition coefficient (Wildman–Crippen LogP) is 3.01. The minimum Gasteiger partial charge on any atom is -0.481 e. The monoisotopic (exact) mass is 700 g/mol. The molecular weight excluding hydrogens is 640 g/mol. The molecule has 0 aromatic heterocycles. The van der Waals surface area contributed by atoms with Crippen molar-refractivity contribution in [3.63, 3.8) is 0 Å². The Morgan fingerprint density at radius 1 is 0.878 bits per heavy atom. The normalized spacial score (nSPS) is 54.4. The van der Waals surface area contributed by atoms with E-state index in [1.54, 1.807) is 6.92 Å². The molecule has 5 N–H and O–H groups in total. The Morgan fingerprint density at radius 2 is 1.61 bits per heavy atom. The summed E-state index contributed by atoms with van der Waals surface area (Å²) < 4.78 is 44.6. The standard InChI is InChI=1S/C36H60O13/c1-19-8-9-25(45-34(19,6)41)27-15-23(37)31(44-27)33(5)11-10-28(47-33)32(4)12-13-36(49-32)17-24(38)20(2)30(48-36)21(3)26-14-22(43-7)16-35(42,46-26)18-29(39)40/h19-28,30-31,37-38,41-42H,8-18H2,1-7H3,(H,39,40)/t19-,20-,21+,22-,23+,24+,25+,26-,27?,28?,30+,31-,32+,33+,34+,35+,36-/m1/s1. The first-order chi connectivity index (χ1) is 22.8. The van der Waals surface area contributed by atoms with E-state index in [0.717, 1.165) is 12.8 Å². The number of hydrogen-bond donors (Lipinski definition) is 5. The maximum atomic E-state index is 11.5. The molecule has 6 saturated heterocycles. The van der Waals surface area contributed by atoms with E-state index in [0.29, 0.717) is 44.9 Å². The molecule has 0 saturated carbocycles. The van der Waals surface area contributed by atoms with Gasteiger partial charge < -0.3 is 58.7 Å². The summed E-state index contributed by atoms with van der Waals surface area (Å²) in [7, 11) is 1.54. The van der Waals surface area contributed by atoms with Crippen LogP contribution in [0.5, 0.6) is 0 Å². The van der Waals surface area contributed by atoms with Gasteiger partial charge in [0.2, 0.25) is 0 Å². The first-order valence-corrected chi connectivity index (χ1v) is 18.4. The molecule has 0 radical (unpaired) electrons. The number of aliphatic hydroxyl groups excluding tert-OH is 2.